The normalized spacial score (nSPS) is 17.7. The summed E-state index contributed by atoms with van der Waals surface area (Å²) in [4.78, 5) is -1.52. The van der Waals surface area contributed by atoms with Crippen molar-refractivity contribution in [3.05, 3.63) is 89.2 Å². The van der Waals surface area contributed by atoms with Gasteiger partial charge in [-0.2, -0.15) is 74.6 Å². The van der Waals surface area contributed by atoms with Crippen LogP contribution in [0, 0.1) is 5.41 Å². The molecule has 1 unspecified atom stereocenters. The first kappa shape index (κ1) is 42.9. The summed E-state index contributed by atoms with van der Waals surface area (Å²) in [6.07, 6.45) is -6.28. The highest BCUT2D eigenvalue weighted by atomic mass is 32.2. The maximum Gasteiger partial charge on any atom is 0.460 e. The van der Waals surface area contributed by atoms with Gasteiger partial charge in [0.25, 0.3) is 10.0 Å². The first-order valence-corrected chi connectivity index (χ1v) is 16.2. The molecular weight excluding hydrogens is 801 g/mol. The van der Waals surface area contributed by atoms with Gasteiger partial charge in [-0.05, 0) is 48.6 Å². The standard InChI is InChI=1S/C32H24F17NO3S/c1-16-11-12-20(24(2,3)15-16)23(51)22-13-17-7-4-5-10-21(17)50(22)54(52,53)19-9-6-8-18(14-19)25(33,34)26(35,36)27(37,38)28(39,40)29(41,42)30(43,44)31(45,46)32(47,48)49/h4-14,23,51H,15H2,1-3H3. The molecule has 1 aliphatic carbocycles. The first-order valence-electron chi connectivity index (χ1n) is 14.8. The summed E-state index contributed by atoms with van der Waals surface area (Å²) < 4.78 is 265. The van der Waals surface area contributed by atoms with Crippen molar-refractivity contribution < 1.29 is 88.2 Å². The zero-order valence-corrected chi connectivity index (χ0v) is 28.0. The van der Waals surface area contributed by atoms with Crippen molar-refractivity contribution in [2.45, 2.75) is 85.8 Å². The minimum Gasteiger partial charge on any atom is -0.382 e. The van der Waals surface area contributed by atoms with Gasteiger partial charge >= 0.3 is 47.6 Å². The molecule has 4 rings (SSSR count). The molecule has 0 aliphatic heterocycles. The van der Waals surface area contributed by atoms with Gasteiger partial charge in [0.05, 0.1) is 16.1 Å². The lowest BCUT2D eigenvalue weighted by molar-refractivity contribution is -0.462. The summed E-state index contributed by atoms with van der Waals surface area (Å²) in [5.41, 5.74) is -3.25. The number of fused-ring (bicyclic) bond motifs is 1. The van der Waals surface area contributed by atoms with Crippen molar-refractivity contribution in [3.63, 3.8) is 0 Å². The monoisotopic (exact) mass is 825 g/mol. The molecule has 0 amide bonds. The zero-order valence-electron chi connectivity index (χ0n) is 27.2. The molecule has 1 heterocycles. The summed E-state index contributed by atoms with van der Waals surface area (Å²) in [6, 6.07) is 5.92. The second kappa shape index (κ2) is 12.6. The Labute approximate surface area is 293 Å². The summed E-state index contributed by atoms with van der Waals surface area (Å²) in [5.74, 6) is -58.2. The first-order chi connectivity index (χ1) is 24.1. The number of aliphatic hydroxyl groups is 1. The lowest BCUT2D eigenvalue weighted by atomic mass is 9.73. The van der Waals surface area contributed by atoms with E-state index in [1.807, 2.05) is 0 Å². The number of alkyl halides is 17. The number of allylic oxidation sites excluding steroid dienone is 3. The van der Waals surface area contributed by atoms with Crippen LogP contribution in [-0.2, 0) is 15.9 Å². The highest BCUT2D eigenvalue weighted by Gasteiger charge is 2.95. The van der Waals surface area contributed by atoms with Gasteiger partial charge in [0.2, 0.25) is 0 Å². The highest BCUT2D eigenvalue weighted by Crippen LogP contribution is 2.65. The molecule has 54 heavy (non-hydrogen) atoms. The second-order valence-corrected chi connectivity index (χ2v) is 14.8. The van der Waals surface area contributed by atoms with Crippen molar-refractivity contribution in [2.24, 2.45) is 5.41 Å². The van der Waals surface area contributed by atoms with Gasteiger partial charge in [0.1, 0.15) is 6.10 Å². The molecule has 4 nitrogen and oxygen atoms in total. The van der Waals surface area contributed by atoms with Crippen molar-refractivity contribution in [1.29, 1.82) is 0 Å². The molecule has 2 aromatic carbocycles. The van der Waals surface area contributed by atoms with E-state index in [4.69, 9.17) is 0 Å². The summed E-state index contributed by atoms with van der Waals surface area (Å²) in [5, 5.41) is 11.5. The van der Waals surface area contributed by atoms with E-state index in [2.05, 4.69) is 0 Å². The van der Waals surface area contributed by atoms with Gasteiger partial charge in [-0.25, -0.2) is 12.4 Å². The van der Waals surface area contributed by atoms with Crippen LogP contribution in [0.3, 0.4) is 0 Å². The molecule has 0 bridgehead atoms. The minimum absolute atomic E-state index is 0.0692. The van der Waals surface area contributed by atoms with E-state index in [1.165, 1.54) is 24.3 Å². The molecule has 300 valence electrons. The van der Waals surface area contributed by atoms with Gasteiger partial charge < -0.3 is 5.11 Å². The Balaban J connectivity index is 1.87. The SMILES string of the molecule is CC1=CC=C(C(O)c2cc3ccccc3n2S(=O)(=O)c2cccc(C(F)(F)C(F)(F)C(F)(F)C(F)(F)C(F)(F)C(F)(F)C(F)(F)C(F)(F)F)c2)C(C)(C)C1. The molecule has 1 aliphatic rings. The molecular formula is C32H24F17NO3S. The second-order valence-electron chi connectivity index (χ2n) is 13.0. The molecule has 0 spiro atoms. The lowest BCUT2D eigenvalue weighted by Gasteiger charge is -2.42. The molecule has 3 aromatic rings. The quantitative estimate of drug-likeness (QED) is 0.196. The van der Waals surface area contributed by atoms with E-state index in [1.54, 1.807) is 26.8 Å². The third kappa shape index (κ3) is 5.96. The molecule has 0 saturated carbocycles. The number of para-hydroxylation sites is 1. The Bertz CT molecular complexity index is 2110. The predicted molar refractivity (Wildman–Crippen MR) is 156 cm³/mol. The van der Waals surface area contributed by atoms with Crippen LogP contribution >= 0.6 is 0 Å². The van der Waals surface area contributed by atoms with Crippen LogP contribution in [0.1, 0.15) is 44.6 Å². The number of aromatic nitrogens is 1. The van der Waals surface area contributed by atoms with Crippen LogP contribution in [0.4, 0.5) is 74.6 Å². The molecule has 1 aromatic heterocycles. The van der Waals surface area contributed by atoms with Gasteiger partial charge in [0.15, 0.2) is 0 Å². The van der Waals surface area contributed by atoms with Crippen molar-refractivity contribution in [3.8, 4) is 0 Å². The fourth-order valence-corrected chi connectivity index (χ4v) is 7.44. The van der Waals surface area contributed by atoms with E-state index in [0.717, 1.165) is 17.7 Å². The third-order valence-corrected chi connectivity index (χ3v) is 10.5. The van der Waals surface area contributed by atoms with Crippen LogP contribution in [0.15, 0.2) is 82.8 Å². The fraction of sp³-hybridized carbons (Fsp3) is 0.438. The summed E-state index contributed by atoms with van der Waals surface area (Å²) >= 11 is 0. The maximum absolute atomic E-state index is 15.2. The Kier molecular flexibility index (Phi) is 10.0. The van der Waals surface area contributed by atoms with Gasteiger partial charge in [-0.3, -0.25) is 0 Å². The smallest absolute Gasteiger partial charge is 0.382 e. The number of aliphatic hydroxyl groups excluding tert-OH is 1. The largest absolute Gasteiger partial charge is 0.460 e. The molecule has 0 saturated heterocycles. The van der Waals surface area contributed by atoms with Gasteiger partial charge in [-0.15, -0.1) is 0 Å². The molecule has 0 fully saturated rings. The number of nitrogens with zero attached hydrogens (tertiary/aromatic N) is 1. The number of halogens is 17. The van der Waals surface area contributed by atoms with Gasteiger partial charge in [0, 0.05) is 10.9 Å². The number of hydrogen-bond acceptors (Lipinski definition) is 3. The molecule has 0 radical (unpaired) electrons. The maximum atomic E-state index is 15.2. The van der Waals surface area contributed by atoms with Crippen LogP contribution < -0.4 is 0 Å². The zero-order chi connectivity index (χ0) is 41.7. The van der Waals surface area contributed by atoms with E-state index in [-0.39, 0.29) is 28.6 Å². The molecule has 1 N–H and O–H groups in total. The summed E-state index contributed by atoms with van der Waals surface area (Å²) in [7, 11) is -5.46. The number of hydrogen-bond donors (Lipinski definition) is 1. The van der Waals surface area contributed by atoms with Crippen LogP contribution in [0.2, 0.25) is 0 Å². The van der Waals surface area contributed by atoms with E-state index in [0.29, 0.717) is 16.5 Å². The van der Waals surface area contributed by atoms with E-state index in [9.17, 15) is 79.4 Å². The lowest BCUT2D eigenvalue weighted by Crippen LogP contribution is -2.74. The number of benzene rings is 2. The molecule has 22 heteroatoms. The van der Waals surface area contributed by atoms with E-state index >= 15 is 8.78 Å². The van der Waals surface area contributed by atoms with Crippen LogP contribution in [-0.4, -0.2) is 59.2 Å². The minimum atomic E-state index is -8.81. The topological polar surface area (TPSA) is 59.3 Å². The Hall–Kier alpha value is -3.82. The number of rotatable bonds is 11. The van der Waals surface area contributed by atoms with Crippen molar-refractivity contribution >= 4 is 20.9 Å². The van der Waals surface area contributed by atoms with Crippen molar-refractivity contribution in [1.82, 2.24) is 3.97 Å². The fourth-order valence-electron chi connectivity index (χ4n) is 5.85. The Morgan fingerprint density at radius 1 is 0.667 bits per heavy atom. The van der Waals surface area contributed by atoms with Crippen molar-refractivity contribution in [2.75, 3.05) is 0 Å². The molecule has 1 atom stereocenters. The highest BCUT2D eigenvalue weighted by molar-refractivity contribution is 7.90. The predicted octanol–water partition coefficient (Wildman–Crippen LogP) is 10.7. The Morgan fingerprint density at radius 2 is 1.17 bits per heavy atom. The Morgan fingerprint density at radius 3 is 1.69 bits per heavy atom. The van der Waals surface area contributed by atoms with Crippen LogP contribution in [0.25, 0.3) is 10.9 Å². The van der Waals surface area contributed by atoms with Gasteiger partial charge in [-0.1, -0.05) is 61.9 Å². The summed E-state index contributed by atoms with van der Waals surface area (Å²) in [6.45, 7) is 5.09. The van der Waals surface area contributed by atoms with Crippen LogP contribution in [0.5, 0.6) is 0 Å². The van der Waals surface area contributed by atoms with E-state index < -0.39 is 91.4 Å². The average molecular weight is 826 g/mol. The average Bonchev–Trinajstić information content (AvgIpc) is 3.43. The third-order valence-electron chi connectivity index (χ3n) is 8.77.